The summed E-state index contributed by atoms with van der Waals surface area (Å²) >= 11 is 0. The van der Waals surface area contributed by atoms with Crippen LogP contribution in [0.25, 0.3) is 10.8 Å². The number of benzene rings is 1. The van der Waals surface area contributed by atoms with Crippen molar-refractivity contribution < 1.29 is 14.7 Å². The third kappa shape index (κ3) is 1.57. The van der Waals surface area contributed by atoms with Gasteiger partial charge in [-0.25, -0.2) is 4.79 Å². The molecular weight excluding hydrogens is 194 g/mol. The van der Waals surface area contributed by atoms with Gasteiger partial charge in [-0.3, -0.25) is 9.78 Å². The number of hydrogen-bond acceptors (Lipinski definition) is 3. The van der Waals surface area contributed by atoms with Gasteiger partial charge in [0.1, 0.15) is 0 Å². The fourth-order valence-corrected chi connectivity index (χ4v) is 1.44. The maximum atomic E-state index is 11.3. The largest absolute Gasteiger partial charge is 0.475 e. The Kier molecular flexibility index (Phi) is 2.17. The van der Waals surface area contributed by atoms with Crippen LogP contribution in [0.1, 0.15) is 10.4 Å². The van der Waals surface area contributed by atoms with E-state index in [1.807, 2.05) is 0 Å². The molecular formula is C11H7NO3. The molecule has 0 aliphatic carbocycles. The number of nitrogens with zero attached hydrogens (tertiary/aromatic N) is 1. The molecule has 2 rings (SSSR count). The Balaban J connectivity index is 2.71. The van der Waals surface area contributed by atoms with Crippen molar-refractivity contribution in [3.05, 3.63) is 42.2 Å². The minimum absolute atomic E-state index is 0.197. The van der Waals surface area contributed by atoms with E-state index >= 15 is 0 Å². The SMILES string of the molecule is O=C(O)C(=O)c1cccc2cnccc12. The van der Waals surface area contributed by atoms with Crippen LogP contribution in [0, 0.1) is 0 Å². The first kappa shape index (κ1) is 9.33. The molecule has 0 saturated heterocycles. The summed E-state index contributed by atoms with van der Waals surface area (Å²) in [5.41, 5.74) is 0.197. The zero-order valence-corrected chi connectivity index (χ0v) is 7.68. The number of carboxylic acid groups (broad SMARTS) is 1. The highest BCUT2D eigenvalue weighted by molar-refractivity contribution is 6.42. The molecule has 74 valence electrons. The van der Waals surface area contributed by atoms with Crippen molar-refractivity contribution in [3.63, 3.8) is 0 Å². The number of rotatable bonds is 2. The molecule has 0 aliphatic heterocycles. The van der Waals surface area contributed by atoms with Crippen LogP contribution in [0.5, 0.6) is 0 Å². The average molecular weight is 201 g/mol. The number of aromatic nitrogens is 1. The molecule has 2 aromatic rings. The molecule has 1 N–H and O–H groups in total. The summed E-state index contributed by atoms with van der Waals surface area (Å²) in [5, 5.41) is 10.00. The summed E-state index contributed by atoms with van der Waals surface area (Å²) in [6.45, 7) is 0. The highest BCUT2D eigenvalue weighted by Crippen LogP contribution is 2.17. The number of hydrogen-bond donors (Lipinski definition) is 1. The summed E-state index contributed by atoms with van der Waals surface area (Å²) < 4.78 is 0. The molecule has 15 heavy (non-hydrogen) atoms. The molecule has 1 heterocycles. The van der Waals surface area contributed by atoms with E-state index in [9.17, 15) is 9.59 Å². The van der Waals surface area contributed by atoms with Crippen LogP contribution in [-0.2, 0) is 4.79 Å². The van der Waals surface area contributed by atoms with E-state index in [0.717, 1.165) is 5.39 Å². The summed E-state index contributed by atoms with van der Waals surface area (Å²) in [5.74, 6) is -2.34. The first-order valence-corrected chi connectivity index (χ1v) is 4.30. The fourth-order valence-electron chi connectivity index (χ4n) is 1.44. The maximum absolute atomic E-state index is 11.3. The van der Waals surface area contributed by atoms with Gasteiger partial charge in [-0.15, -0.1) is 0 Å². The Morgan fingerprint density at radius 1 is 1.20 bits per heavy atom. The molecule has 0 atom stereocenters. The summed E-state index contributed by atoms with van der Waals surface area (Å²) in [4.78, 5) is 25.8. The van der Waals surface area contributed by atoms with Gasteiger partial charge in [0.2, 0.25) is 0 Å². The number of carboxylic acids is 1. The number of aliphatic carboxylic acids is 1. The van der Waals surface area contributed by atoms with Gasteiger partial charge in [0.15, 0.2) is 0 Å². The molecule has 0 spiro atoms. The lowest BCUT2D eigenvalue weighted by atomic mass is 10.0. The van der Waals surface area contributed by atoms with E-state index in [1.54, 1.807) is 24.4 Å². The zero-order valence-electron chi connectivity index (χ0n) is 7.68. The molecule has 4 heteroatoms. The van der Waals surface area contributed by atoms with Crippen molar-refractivity contribution in [2.75, 3.05) is 0 Å². The van der Waals surface area contributed by atoms with Crippen LogP contribution in [0.4, 0.5) is 0 Å². The predicted octanol–water partition coefficient (Wildman–Crippen LogP) is 1.50. The lowest BCUT2D eigenvalue weighted by Crippen LogP contribution is -2.12. The van der Waals surface area contributed by atoms with E-state index in [0.29, 0.717) is 5.39 Å². The topological polar surface area (TPSA) is 67.3 Å². The second kappa shape index (κ2) is 3.49. The van der Waals surface area contributed by atoms with Gasteiger partial charge in [-0.2, -0.15) is 0 Å². The van der Waals surface area contributed by atoms with Crippen LogP contribution in [0.15, 0.2) is 36.7 Å². The van der Waals surface area contributed by atoms with Crippen molar-refractivity contribution in [2.45, 2.75) is 0 Å². The molecule has 0 unspecified atom stereocenters. The van der Waals surface area contributed by atoms with Crippen molar-refractivity contribution in [1.29, 1.82) is 0 Å². The second-order valence-corrected chi connectivity index (χ2v) is 3.04. The van der Waals surface area contributed by atoms with Gasteiger partial charge in [-0.05, 0) is 11.5 Å². The number of pyridine rings is 1. The van der Waals surface area contributed by atoms with Crippen LogP contribution in [0.2, 0.25) is 0 Å². The van der Waals surface area contributed by atoms with Crippen molar-refractivity contribution in [1.82, 2.24) is 4.98 Å². The van der Waals surface area contributed by atoms with Crippen molar-refractivity contribution in [3.8, 4) is 0 Å². The van der Waals surface area contributed by atoms with Gasteiger partial charge < -0.3 is 5.11 Å². The second-order valence-electron chi connectivity index (χ2n) is 3.04. The lowest BCUT2D eigenvalue weighted by Gasteiger charge is -2.01. The Hall–Kier alpha value is -2.23. The van der Waals surface area contributed by atoms with E-state index in [1.165, 1.54) is 12.3 Å². The van der Waals surface area contributed by atoms with E-state index in [-0.39, 0.29) is 5.56 Å². The molecule has 1 aromatic heterocycles. The lowest BCUT2D eigenvalue weighted by molar-refractivity contribution is -0.131. The number of fused-ring (bicyclic) bond motifs is 1. The zero-order chi connectivity index (χ0) is 10.8. The van der Waals surface area contributed by atoms with Gasteiger partial charge in [-0.1, -0.05) is 18.2 Å². The molecule has 0 aliphatic rings. The minimum Gasteiger partial charge on any atom is -0.475 e. The predicted molar refractivity (Wildman–Crippen MR) is 53.7 cm³/mol. The van der Waals surface area contributed by atoms with Crippen LogP contribution in [0.3, 0.4) is 0 Å². The van der Waals surface area contributed by atoms with Crippen LogP contribution >= 0.6 is 0 Å². The maximum Gasteiger partial charge on any atom is 0.377 e. The standard InChI is InChI=1S/C11H7NO3/c13-10(11(14)15)9-3-1-2-7-6-12-5-4-8(7)9/h1-6H,(H,14,15). The van der Waals surface area contributed by atoms with E-state index < -0.39 is 11.8 Å². The first-order chi connectivity index (χ1) is 7.20. The molecule has 0 amide bonds. The molecule has 0 bridgehead atoms. The number of ketones is 1. The van der Waals surface area contributed by atoms with Gasteiger partial charge in [0.25, 0.3) is 5.78 Å². The van der Waals surface area contributed by atoms with Crippen LogP contribution < -0.4 is 0 Å². The third-order valence-electron chi connectivity index (χ3n) is 2.12. The number of carbonyl (C=O) groups excluding carboxylic acids is 1. The fraction of sp³-hybridized carbons (Fsp3) is 0. The first-order valence-electron chi connectivity index (χ1n) is 4.30. The van der Waals surface area contributed by atoms with Gasteiger partial charge >= 0.3 is 5.97 Å². The third-order valence-corrected chi connectivity index (χ3v) is 2.12. The van der Waals surface area contributed by atoms with Gasteiger partial charge in [0.05, 0.1) is 0 Å². The highest BCUT2D eigenvalue weighted by Gasteiger charge is 2.16. The van der Waals surface area contributed by atoms with Crippen molar-refractivity contribution >= 4 is 22.5 Å². The van der Waals surface area contributed by atoms with Crippen molar-refractivity contribution in [2.24, 2.45) is 0 Å². The molecule has 0 saturated carbocycles. The number of carbonyl (C=O) groups is 2. The Morgan fingerprint density at radius 2 is 2.00 bits per heavy atom. The summed E-state index contributed by atoms with van der Waals surface area (Å²) in [6.07, 6.45) is 3.12. The Bertz CT molecular complexity index is 543. The van der Waals surface area contributed by atoms with E-state index in [2.05, 4.69) is 4.98 Å². The molecule has 1 aromatic carbocycles. The quantitative estimate of drug-likeness (QED) is 0.590. The summed E-state index contributed by atoms with van der Waals surface area (Å²) in [6, 6.07) is 6.55. The smallest absolute Gasteiger partial charge is 0.377 e. The average Bonchev–Trinajstić information content (AvgIpc) is 2.27. The molecule has 4 nitrogen and oxygen atoms in total. The molecule has 0 fully saturated rings. The monoisotopic (exact) mass is 201 g/mol. The minimum atomic E-state index is -1.45. The number of Topliss-reactive ketones (excluding diaryl/α,β-unsaturated/α-hetero) is 1. The van der Waals surface area contributed by atoms with Crippen LogP contribution in [-0.4, -0.2) is 21.8 Å². The van der Waals surface area contributed by atoms with Gasteiger partial charge in [0, 0.05) is 23.3 Å². The van der Waals surface area contributed by atoms with E-state index in [4.69, 9.17) is 5.11 Å². The Morgan fingerprint density at radius 3 is 2.73 bits per heavy atom. The summed E-state index contributed by atoms with van der Waals surface area (Å²) in [7, 11) is 0. The Labute approximate surface area is 85.2 Å². The molecule has 0 radical (unpaired) electrons. The normalized spacial score (nSPS) is 10.1. The highest BCUT2D eigenvalue weighted by atomic mass is 16.4.